The van der Waals surface area contributed by atoms with Gasteiger partial charge in [0.2, 0.25) is 5.91 Å². The molecule has 6 nitrogen and oxygen atoms in total. The highest BCUT2D eigenvalue weighted by Gasteiger charge is 2.29. The highest BCUT2D eigenvalue weighted by Crippen LogP contribution is 2.26. The van der Waals surface area contributed by atoms with Gasteiger partial charge in [-0.25, -0.2) is 0 Å². The van der Waals surface area contributed by atoms with E-state index in [0.29, 0.717) is 32.5 Å². The monoisotopic (exact) mass is 487 g/mol. The molecule has 0 bridgehead atoms. The lowest BCUT2D eigenvalue weighted by Gasteiger charge is -2.33. The number of hydrogen-bond donors (Lipinski definition) is 1. The number of piperidine rings is 1. The van der Waals surface area contributed by atoms with Gasteiger partial charge in [0.25, 0.3) is 5.91 Å². The van der Waals surface area contributed by atoms with Crippen molar-refractivity contribution in [3.63, 3.8) is 0 Å². The van der Waals surface area contributed by atoms with Gasteiger partial charge in [-0.2, -0.15) is 0 Å². The summed E-state index contributed by atoms with van der Waals surface area (Å²) in [6.45, 7) is 7.79. The van der Waals surface area contributed by atoms with Gasteiger partial charge < -0.3 is 15.0 Å². The van der Waals surface area contributed by atoms with Crippen LogP contribution in [-0.4, -0.2) is 61.4 Å². The lowest BCUT2D eigenvalue weighted by atomic mass is 9.94. The van der Waals surface area contributed by atoms with E-state index in [0.717, 1.165) is 40.7 Å². The summed E-state index contributed by atoms with van der Waals surface area (Å²) >= 11 is 0. The summed E-state index contributed by atoms with van der Waals surface area (Å²) in [4.78, 5) is 30.6. The standard InChI is InChI=1S/C30H37N3O3/c1-4-32(5-2)28(24-12-8-13-25(20-24)36-3)21-31-29(34)23-16-18-33(19-17-23)30(35)27-15-9-11-22-10-6-7-14-26(22)27/h6-15,20,23,28H,4-5,16-19,21H2,1-3H3,(H,31,34). The predicted octanol–water partition coefficient (Wildman–Crippen LogP) is 4.90. The number of ether oxygens (including phenoxy) is 1. The number of methoxy groups -OCH3 is 1. The second-order valence-electron chi connectivity index (χ2n) is 9.35. The molecule has 36 heavy (non-hydrogen) atoms. The van der Waals surface area contributed by atoms with Crippen LogP contribution in [0.3, 0.4) is 0 Å². The minimum Gasteiger partial charge on any atom is -0.497 e. The molecule has 1 fully saturated rings. The molecule has 3 aromatic carbocycles. The summed E-state index contributed by atoms with van der Waals surface area (Å²) in [7, 11) is 1.67. The molecule has 1 aliphatic heterocycles. The summed E-state index contributed by atoms with van der Waals surface area (Å²) in [5.41, 5.74) is 1.87. The first-order valence-corrected chi connectivity index (χ1v) is 13.0. The van der Waals surface area contributed by atoms with Gasteiger partial charge in [-0.1, -0.05) is 62.4 Å². The number of amides is 2. The Morgan fingerprint density at radius 1 is 1.00 bits per heavy atom. The van der Waals surface area contributed by atoms with Gasteiger partial charge in [0.15, 0.2) is 0 Å². The van der Waals surface area contributed by atoms with Gasteiger partial charge in [-0.15, -0.1) is 0 Å². The Hall–Kier alpha value is -3.38. The molecule has 1 saturated heterocycles. The fraction of sp³-hybridized carbons (Fsp3) is 0.400. The summed E-state index contributed by atoms with van der Waals surface area (Å²) in [6.07, 6.45) is 1.36. The van der Waals surface area contributed by atoms with Gasteiger partial charge in [-0.05, 0) is 60.5 Å². The molecular weight excluding hydrogens is 450 g/mol. The van der Waals surface area contributed by atoms with E-state index < -0.39 is 0 Å². The maximum Gasteiger partial charge on any atom is 0.254 e. The Balaban J connectivity index is 1.37. The molecule has 0 radical (unpaired) electrons. The quantitative estimate of drug-likeness (QED) is 0.466. The fourth-order valence-electron chi connectivity index (χ4n) is 5.24. The Morgan fingerprint density at radius 3 is 2.42 bits per heavy atom. The Morgan fingerprint density at radius 2 is 1.69 bits per heavy atom. The molecule has 0 saturated carbocycles. The third-order valence-corrected chi connectivity index (χ3v) is 7.37. The number of carbonyl (C=O) groups excluding carboxylic acids is 2. The number of hydrogen-bond acceptors (Lipinski definition) is 4. The molecule has 6 heteroatoms. The van der Waals surface area contributed by atoms with Gasteiger partial charge in [-0.3, -0.25) is 14.5 Å². The van der Waals surface area contributed by atoms with Crippen LogP contribution in [0.1, 0.15) is 48.7 Å². The molecule has 0 aliphatic carbocycles. The van der Waals surface area contributed by atoms with E-state index in [1.165, 1.54) is 0 Å². The van der Waals surface area contributed by atoms with Crippen LogP contribution in [0.4, 0.5) is 0 Å². The predicted molar refractivity (Wildman–Crippen MR) is 144 cm³/mol. The van der Waals surface area contributed by atoms with Crippen LogP contribution < -0.4 is 10.1 Å². The third-order valence-electron chi connectivity index (χ3n) is 7.37. The lowest BCUT2D eigenvalue weighted by Crippen LogP contribution is -2.45. The number of nitrogens with zero attached hydrogens (tertiary/aromatic N) is 2. The molecule has 0 spiro atoms. The Bertz CT molecular complexity index is 1180. The second kappa shape index (κ2) is 12.0. The number of benzene rings is 3. The first-order valence-electron chi connectivity index (χ1n) is 13.0. The summed E-state index contributed by atoms with van der Waals surface area (Å²) in [5, 5.41) is 5.26. The SMILES string of the molecule is CCN(CC)C(CNC(=O)C1CCN(C(=O)c2cccc3ccccc23)CC1)c1cccc(OC)c1. The number of rotatable bonds is 9. The van der Waals surface area contributed by atoms with E-state index in [1.807, 2.05) is 65.6 Å². The molecule has 1 heterocycles. The minimum absolute atomic E-state index is 0.0466. The van der Waals surface area contributed by atoms with Crippen molar-refractivity contribution >= 4 is 22.6 Å². The number of likely N-dealkylation sites (tertiary alicyclic amines) is 1. The smallest absolute Gasteiger partial charge is 0.254 e. The van der Waals surface area contributed by atoms with Gasteiger partial charge in [0.1, 0.15) is 5.75 Å². The molecule has 190 valence electrons. The van der Waals surface area contributed by atoms with Crippen molar-refractivity contribution in [2.75, 3.05) is 39.8 Å². The van der Waals surface area contributed by atoms with Crippen LogP contribution in [0.15, 0.2) is 66.7 Å². The molecule has 4 rings (SSSR count). The molecule has 1 N–H and O–H groups in total. The van der Waals surface area contributed by atoms with Crippen LogP contribution in [0.2, 0.25) is 0 Å². The number of fused-ring (bicyclic) bond motifs is 1. The topological polar surface area (TPSA) is 61.9 Å². The lowest BCUT2D eigenvalue weighted by molar-refractivity contribution is -0.126. The van der Waals surface area contributed by atoms with E-state index >= 15 is 0 Å². The van der Waals surface area contributed by atoms with Gasteiger partial charge in [0.05, 0.1) is 13.2 Å². The van der Waals surface area contributed by atoms with Crippen molar-refractivity contribution in [1.29, 1.82) is 0 Å². The van der Waals surface area contributed by atoms with Crippen LogP contribution in [0, 0.1) is 5.92 Å². The number of likely N-dealkylation sites (N-methyl/N-ethyl adjacent to an activating group) is 1. The maximum atomic E-state index is 13.3. The third kappa shape index (κ3) is 5.71. The average molecular weight is 488 g/mol. The molecule has 1 aliphatic rings. The van der Waals surface area contributed by atoms with Crippen molar-refractivity contribution < 1.29 is 14.3 Å². The number of nitrogens with one attached hydrogen (secondary N) is 1. The summed E-state index contributed by atoms with van der Waals surface area (Å²) < 4.78 is 5.42. The van der Waals surface area contributed by atoms with Crippen LogP contribution in [0.5, 0.6) is 5.75 Å². The van der Waals surface area contributed by atoms with Crippen LogP contribution >= 0.6 is 0 Å². The second-order valence-corrected chi connectivity index (χ2v) is 9.35. The van der Waals surface area contributed by atoms with E-state index in [1.54, 1.807) is 7.11 Å². The maximum absolute atomic E-state index is 13.3. The van der Waals surface area contributed by atoms with E-state index in [-0.39, 0.29) is 23.8 Å². The van der Waals surface area contributed by atoms with E-state index in [4.69, 9.17) is 4.74 Å². The van der Waals surface area contributed by atoms with Crippen molar-refractivity contribution in [3.8, 4) is 5.75 Å². The molecular formula is C30H37N3O3. The minimum atomic E-state index is -0.0794. The normalized spacial score (nSPS) is 15.2. The fourth-order valence-corrected chi connectivity index (χ4v) is 5.24. The van der Waals surface area contributed by atoms with E-state index in [9.17, 15) is 9.59 Å². The van der Waals surface area contributed by atoms with Gasteiger partial charge in [0, 0.05) is 31.1 Å². The summed E-state index contributed by atoms with van der Waals surface area (Å²) in [5.74, 6) is 0.862. The van der Waals surface area contributed by atoms with Gasteiger partial charge >= 0.3 is 0 Å². The zero-order valence-electron chi connectivity index (χ0n) is 21.6. The Kier molecular flexibility index (Phi) is 8.60. The van der Waals surface area contributed by atoms with Crippen LogP contribution in [-0.2, 0) is 4.79 Å². The largest absolute Gasteiger partial charge is 0.497 e. The van der Waals surface area contributed by atoms with Crippen molar-refractivity contribution in [2.24, 2.45) is 5.92 Å². The van der Waals surface area contributed by atoms with Crippen molar-refractivity contribution in [3.05, 3.63) is 77.9 Å². The Labute approximate surface area is 214 Å². The highest BCUT2D eigenvalue weighted by molar-refractivity contribution is 6.07. The van der Waals surface area contributed by atoms with Crippen LogP contribution in [0.25, 0.3) is 10.8 Å². The average Bonchev–Trinajstić information content (AvgIpc) is 2.94. The first kappa shape index (κ1) is 25.7. The molecule has 0 aromatic heterocycles. The molecule has 3 aromatic rings. The van der Waals surface area contributed by atoms with Crippen molar-refractivity contribution in [1.82, 2.24) is 15.1 Å². The van der Waals surface area contributed by atoms with Crippen molar-refractivity contribution in [2.45, 2.75) is 32.7 Å². The van der Waals surface area contributed by atoms with E-state index in [2.05, 4.69) is 30.1 Å². The number of carbonyl (C=O) groups is 2. The zero-order valence-corrected chi connectivity index (χ0v) is 21.6. The summed E-state index contributed by atoms with van der Waals surface area (Å²) in [6, 6.07) is 22.0. The molecule has 2 amide bonds. The highest BCUT2D eigenvalue weighted by atomic mass is 16.5. The molecule has 1 unspecified atom stereocenters. The first-order chi connectivity index (χ1) is 17.5. The molecule has 1 atom stereocenters. The zero-order chi connectivity index (χ0) is 25.5.